The second-order valence-corrected chi connectivity index (χ2v) is 7.88. The molecule has 1 saturated heterocycles. The number of carboxylic acid groups (broad SMARTS) is 1. The van der Waals surface area contributed by atoms with Gasteiger partial charge in [-0.15, -0.1) is 0 Å². The number of para-hydroxylation sites is 1. The van der Waals surface area contributed by atoms with Crippen molar-refractivity contribution in [3.05, 3.63) is 23.8 Å². The van der Waals surface area contributed by atoms with Crippen LogP contribution in [0.5, 0.6) is 11.5 Å². The molecule has 1 aromatic carbocycles. The Hall–Kier alpha value is -2.24. The maximum absolute atomic E-state index is 12.7. The summed E-state index contributed by atoms with van der Waals surface area (Å²) in [5.74, 6) is -0.366. The first kappa shape index (κ1) is 17.6. The second-order valence-electron chi connectivity index (χ2n) is 7.88. The van der Waals surface area contributed by atoms with Crippen LogP contribution in [0.3, 0.4) is 0 Å². The average Bonchev–Trinajstić information content (AvgIpc) is 2.55. The summed E-state index contributed by atoms with van der Waals surface area (Å²) in [7, 11) is 0. The molecule has 0 bridgehead atoms. The minimum absolute atomic E-state index is 0.00763. The predicted octanol–water partition coefficient (Wildman–Crippen LogP) is 2.87. The van der Waals surface area contributed by atoms with Gasteiger partial charge in [-0.3, -0.25) is 9.59 Å². The van der Waals surface area contributed by atoms with Crippen LogP contribution in [0.25, 0.3) is 0 Å². The highest BCUT2D eigenvalue weighted by molar-refractivity contribution is 5.82. The molecule has 6 nitrogen and oxygen atoms in total. The van der Waals surface area contributed by atoms with Crippen LogP contribution in [0, 0.1) is 11.3 Å². The summed E-state index contributed by atoms with van der Waals surface area (Å²) < 4.78 is 11.4. The van der Waals surface area contributed by atoms with Gasteiger partial charge in [0.25, 0.3) is 0 Å². The van der Waals surface area contributed by atoms with Crippen molar-refractivity contribution in [3.63, 3.8) is 0 Å². The monoisotopic (exact) mass is 347 g/mol. The van der Waals surface area contributed by atoms with Crippen molar-refractivity contribution in [2.45, 2.75) is 39.7 Å². The average molecular weight is 347 g/mol. The lowest BCUT2D eigenvalue weighted by atomic mass is 9.82. The van der Waals surface area contributed by atoms with Gasteiger partial charge in [-0.2, -0.15) is 0 Å². The zero-order chi connectivity index (χ0) is 18.2. The minimum Gasteiger partial charge on any atom is -0.486 e. The highest BCUT2D eigenvalue weighted by Gasteiger charge is 2.43. The molecule has 3 rings (SSSR count). The SMILES string of the molecule is CC(C)(C)CN1C(=O)CC[C@@H](C(=O)O)[C@@H]1c1cccc2c1OCCO2. The standard InChI is InChI=1S/C19H25NO5/c1-19(2,3)11-20-15(21)8-7-13(18(22)23)16(20)12-5-4-6-14-17(12)25-10-9-24-14/h4-6,13,16H,7-11H2,1-3H3,(H,22,23)/t13-,16+/m1/s1. The molecule has 1 amide bonds. The molecule has 0 spiro atoms. The van der Waals surface area contributed by atoms with Crippen LogP contribution in [0.1, 0.15) is 45.2 Å². The summed E-state index contributed by atoms with van der Waals surface area (Å²) in [6.07, 6.45) is 0.597. The van der Waals surface area contributed by atoms with E-state index in [-0.39, 0.29) is 17.7 Å². The summed E-state index contributed by atoms with van der Waals surface area (Å²) in [5, 5.41) is 9.77. The normalized spacial score (nSPS) is 23.5. The van der Waals surface area contributed by atoms with Gasteiger partial charge in [-0.1, -0.05) is 32.9 Å². The van der Waals surface area contributed by atoms with E-state index >= 15 is 0 Å². The largest absolute Gasteiger partial charge is 0.486 e. The van der Waals surface area contributed by atoms with Crippen molar-refractivity contribution in [2.24, 2.45) is 11.3 Å². The van der Waals surface area contributed by atoms with E-state index in [0.717, 1.165) is 5.56 Å². The molecule has 2 aliphatic heterocycles. The van der Waals surface area contributed by atoms with Crippen LogP contribution in [-0.2, 0) is 9.59 Å². The summed E-state index contributed by atoms with van der Waals surface area (Å²) in [4.78, 5) is 26.3. The molecule has 2 heterocycles. The van der Waals surface area contributed by atoms with Crippen molar-refractivity contribution in [1.29, 1.82) is 0 Å². The Bertz CT molecular complexity index is 679. The van der Waals surface area contributed by atoms with Gasteiger partial charge in [0.1, 0.15) is 13.2 Å². The number of hydrogen-bond acceptors (Lipinski definition) is 4. The van der Waals surface area contributed by atoms with Crippen LogP contribution in [0.2, 0.25) is 0 Å². The van der Waals surface area contributed by atoms with Crippen LogP contribution >= 0.6 is 0 Å². The van der Waals surface area contributed by atoms with Crippen molar-refractivity contribution in [1.82, 2.24) is 4.90 Å². The van der Waals surface area contributed by atoms with Gasteiger partial charge in [0.2, 0.25) is 5.91 Å². The van der Waals surface area contributed by atoms with Crippen LogP contribution in [0.15, 0.2) is 18.2 Å². The highest BCUT2D eigenvalue weighted by atomic mass is 16.6. The molecule has 136 valence electrons. The van der Waals surface area contributed by atoms with Crippen LogP contribution < -0.4 is 9.47 Å². The lowest BCUT2D eigenvalue weighted by Gasteiger charge is -2.43. The van der Waals surface area contributed by atoms with E-state index in [1.807, 2.05) is 39.0 Å². The molecule has 0 unspecified atom stereocenters. The fourth-order valence-corrected chi connectivity index (χ4v) is 3.62. The number of piperidine rings is 1. The summed E-state index contributed by atoms with van der Waals surface area (Å²) in [6, 6.07) is 4.94. The lowest BCUT2D eigenvalue weighted by molar-refractivity contribution is -0.153. The summed E-state index contributed by atoms with van der Waals surface area (Å²) in [5.41, 5.74) is 0.586. The maximum atomic E-state index is 12.7. The van der Waals surface area contributed by atoms with E-state index in [4.69, 9.17) is 9.47 Å². The molecular weight excluding hydrogens is 322 g/mol. The first-order valence-corrected chi connectivity index (χ1v) is 8.69. The first-order valence-electron chi connectivity index (χ1n) is 8.69. The molecule has 1 N–H and O–H groups in total. The van der Waals surface area contributed by atoms with Gasteiger partial charge in [0.05, 0.1) is 12.0 Å². The molecule has 0 saturated carbocycles. The summed E-state index contributed by atoms with van der Waals surface area (Å²) >= 11 is 0. The molecule has 1 fully saturated rings. The number of fused-ring (bicyclic) bond motifs is 1. The third kappa shape index (κ3) is 3.57. The van der Waals surface area contributed by atoms with E-state index in [1.54, 1.807) is 4.90 Å². The molecule has 25 heavy (non-hydrogen) atoms. The highest BCUT2D eigenvalue weighted by Crippen LogP contribution is 2.45. The number of nitrogens with zero attached hydrogens (tertiary/aromatic N) is 1. The van der Waals surface area contributed by atoms with Crippen LogP contribution in [-0.4, -0.2) is 41.6 Å². The number of carbonyl (C=O) groups excluding carboxylic acids is 1. The Labute approximate surface area is 147 Å². The molecular formula is C19H25NO5. The number of hydrogen-bond donors (Lipinski definition) is 1. The predicted molar refractivity (Wildman–Crippen MR) is 91.7 cm³/mol. The van der Waals surface area contributed by atoms with E-state index in [0.29, 0.717) is 37.7 Å². The third-order valence-electron chi connectivity index (χ3n) is 4.58. The van der Waals surface area contributed by atoms with Gasteiger partial charge in [-0.05, 0) is 17.9 Å². The Morgan fingerprint density at radius 1 is 1.28 bits per heavy atom. The van der Waals surface area contributed by atoms with Gasteiger partial charge in [0, 0.05) is 18.5 Å². The maximum Gasteiger partial charge on any atom is 0.308 e. The van der Waals surface area contributed by atoms with Gasteiger partial charge in [0.15, 0.2) is 11.5 Å². The van der Waals surface area contributed by atoms with Crippen LogP contribution in [0.4, 0.5) is 0 Å². The molecule has 6 heteroatoms. The van der Waals surface area contributed by atoms with Crippen molar-refractivity contribution >= 4 is 11.9 Å². The smallest absolute Gasteiger partial charge is 0.308 e. The topological polar surface area (TPSA) is 76.1 Å². The number of benzene rings is 1. The van der Waals surface area contributed by atoms with Crippen molar-refractivity contribution in [2.75, 3.05) is 19.8 Å². The lowest BCUT2D eigenvalue weighted by Crippen LogP contribution is -2.48. The zero-order valence-electron chi connectivity index (χ0n) is 14.9. The fraction of sp³-hybridized carbons (Fsp3) is 0.579. The van der Waals surface area contributed by atoms with Crippen molar-refractivity contribution in [3.8, 4) is 11.5 Å². The van der Waals surface area contributed by atoms with E-state index in [1.165, 1.54) is 0 Å². The van der Waals surface area contributed by atoms with Gasteiger partial charge >= 0.3 is 5.97 Å². The number of ether oxygens (including phenoxy) is 2. The zero-order valence-corrected chi connectivity index (χ0v) is 14.9. The molecule has 0 aromatic heterocycles. The molecule has 0 aliphatic carbocycles. The van der Waals surface area contributed by atoms with E-state index in [9.17, 15) is 14.7 Å². The van der Waals surface area contributed by atoms with E-state index in [2.05, 4.69) is 0 Å². The second kappa shape index (κ2) is 6.58. The Kier molecular flexibility index (Phi) is 4.62. The number of amides is 1. The molecule has 0 radical (unpaired) electrons. The minimum atomic E-state index is -0.884. The number of likely N-dealkylation sites (tertiary alicyclic amines) is 1. The van der Waals surface area contributed by atoms with Crippen molar-refractivity contribution < 1.29 is 24.2 Å². The Morgan fingerprint density at radius 3 is 2.68 bits per heavy atom. The molecule has 2 atom stereocenters. The quantitative estimate of drug-likeness (QED) is 0.910. The molecule has 1 aromatic rings. The first-order chi connectivity index (χ1) is 11.8. The van der Waals surface area contributed by atoms with E-state index < -0.39 is 17.9 Å². The number of rotatable bonds is 3. The Balaban J connectivity index is 2.08. The summed E-state index contributed by atoms with van der Waals surface area (Å²) in [6.45, 7) is 7.51. The number of aliphatic carboxylic acids is 1. The number of carbonyl (C=O) groups is 2. The third-order valence-corrected chi connectivity index (χ3v) is 4.58. The van der Waals surface area contributed by atoms with Gasteiger partial charge in [-0.25, -0.2) is 0 Å². The molecule has 2 aliphatic rings. The van der Waals surface area contributed by atoms with Gasteiger partial charge < -0.3 is 19.5 Å². The fourth-order valence-electron chi connectivity index (χ4n) is 3.62. The Morgan fingerprint density at radius 2 is 2.00 bits per heavy atom. The number of carboxylic acids is 1.